The average Bonchev–Trinajstić information content (AvgIpc) is 2.57. The Kier molecular flexibility index (Phi) is 4.17. The van der Waals surface area contributed by atoms with Crippen LogP contribution in [-0.2, 0) is 6.54 Å². The molecule has 6 nitrogen and oxygen atoms in total. The quantitative estimate of drug-likeness (QED) is 0.898. The van der Waals surface area contributed by atoms with E-state index in [1.807, 2.05) is 0 Å². The van der Waals surface area contributed by atoms with Crippen molar-refractivity contribution < 1.29 is 9.90 Å². The summed E-state index contributed by atoms with van der Waals surface area (Å²) in [6, 6.07) is 6.94. The Morgan fingerprint density at radius 2 is 1.91 bits per heavy atom. The molecule has 1 heterocycles. The summed E-state index contributed by atoms with van der Waals surface area (Å²) in [4.78, 5) is 24.8. The average molecular weight is 315 g/mol. The Morgan fingerprint density at radius 3 is 2.57 bits per heavy atom. The largest absolute Gasteiger partial charge is 0.388 e. The fourth-order valence-electron chi connectivity index (χ4n) is 3.28. The van der Waals surface area contributed by atoms with Crippen molar-refractivity contribution in [3.63, 3.8) is 0 Å². The third-order valence-corrected chi connectivity index (χ3v) is 4.54. The standard InChI is InChI=1S/C17H21N3O3/c1-18-15(21)14-12-7-3-4-8-13(12)16(22)20(19-14)11-17(23)9-5-2-6-10-17/h3-4,7-8,23H,2,5-6,9-11H2,1H3,(H,18,21). The molecule has 0 radical (unpaired) electrons. The molecule has 1 saturated carbocycles. The normalized spacial score (nSPS) is 17.1. The Hall–Kier alpha value is -2.21. The minimum absolute atomic E-state index is 0.126. The number of aromatic nitrogens is 2. The molecule has 6 heteroatoms. The van der Waals surface area contributed by atoms with Gasteiger partial charge < -0.3 is 10.4 Å². The zero-order valence-electron chi connectivity index (χ0n) is 13.2. The second-order valence-corrected chi connectivity index (χ2v) is 6.22. The molecule has 3 rings (SSSR count). The van der Waals surface area contributed by atoms with E-state index in [-0.39, 0.29) is 23.7 Å². The second kappa shape index (κ2) is 6.12. The highest BCUT2D eigenvalue weighted by Crippen LogP contribution is 2.29. The van der Waals surface area contributed by atoms with Gasteiger partial charge >= 0.3 is 0 Å². The zero-order valence-corrected chi connectivity index (χ0v) is 13.2. The maximum Gasteiger partial charge on any atom is 0.274 e. The number of aliphatic hydroxyl groups is 1. The van der Waals surface area contributed by atoms with E-state index >= 15 is 0 Å². The van der Waals surface area contributed by atoms with Gasteiger partial charge in [0.05, 0.1) is 17.5 Å². The number of fused-ring (bicyclic) bond motifs is 1. The molecule has 0 unspecified atom stereocenters. The van der Waals surface area contributed by atoms with Crippen molar-refractivity contribution in [3.8, 4) is 0 Å². The van der Waals surface area contributed by atoms with Gasteiger partial charge in [-0.05, 0) is 18.9 Å². The van der Waals surface area contributed by atoms with E-state index < -0.39 is 5.60 Å². The number of benzene rings is 1. The van der Waals surface area contributed by atoms with Gasteiger partial charge in [0.1, 0.15) is 0 Å². The Bertz CT molecular complexity index is 791. The van der Waals surface area contributed by atoms with E-state index in [0.717, 1.165) is 19.3 Å². The van der Waals surface area contributed by atoms with Crippen LogP contribution in [0.15, 0.2) is 29.1 Å². The molecule has 1 aromatic heterocycles. The first-order valence-electron chi connectivity index (χ1n) is 7.98. The van der Waals surface area contributed by atoms with Gasteiger partial charge in [-0.1, -0.05) is 37.5 Å². The van der Waals surface area contributed by atoms with Crippen molar-refractivity contribution in [2.24, 2.45) is 0 Å². The summed E-state index contributed by atoms with van der Waals surface area (Å²) in [6.07, 6.45) is 4.31. The van der Waals surface area contributed by atoms with Crippen LogP contribution in [0.4, 0.5) is 0 Å². The molecule has 1 aliphatic carbocycles. The molecule has 0 saturated heterocycles. The van der Waals surface area contributed by atoms with Crippen LogP contribution >= 0.6 is 0 Å². The molecule has 0 bridgehead atoms. The van der Waals surface area contributed by atoms with E-state index in [4.69, 9.17) is 0 Å². The maximum absolute atomic E-state index is 12.7. The summed E-state index contributed by atoms with van der Waals surface area (Å²) >= 11 is 0. The lowest BCUT2D eigenvalue weighted by Gasteiger charge is -2.32. The second-order valence-electron chi connectivity index (χ2n) is 6.22. The van der Waals surface area contributed by atoms with Gasteiger partial charge in [0, 0.05) is 12.4 Å². The predicted octanol–water partition coefficient (Wildman–Crippen LogP) is 1.45. The summed E-state index contributed by atoms with van der Waals surface area (Å²) < 4.78 is 1.25. The molecule has 1 amide bonds. The number of carbonyl (C=O) groups excluding carboxylic acids is 1. The van der Waals surface area contributed by atoms with Crippen LogP contribution in [-0.4, -0.2) is 33.4 Å². The lowest BCUT2D eigenvalue weighted by atomic mass is 9.85. The number of amides is 1. The number of nitrogens with one attached hydrogen (secondary N) is 1. The van der Waals surface area contributed by atoms with Crippen LogP contribution < -0.4 is 10.9 Å². The molecule has 0 aliphatic heterocycles. The van der Waals surface area contributed by atoms with Crippen molar-refractivity contribution >= 4 is 16.7 Å². The predicted molar refractivity (Wildman–Crippen MR) is 87.4 cm³/mol. The third-order valence-electron chi connectivity index (χ3n) is 4.54. The maximum atomic E-state index is 12.7. The van der Waals surface area contributed by atoms with Gasteiger partial charge in [0.2, 0.25) is 0 Å². The minimum Gasteiger partial charge on any atom is -0.388 e. The summed E-state index contributed by atoms with van der Waals surface area (Å²) in [5, 5.41) is 18.5. The number of rotatable bonds is 3. The first-order chi connectivity index (χ1) is 11.0. The molecule has 2 N–H and O–H groups in total. The summed E-state index contributed by atoms with van der Waals surface area (Å²) in [6.45, 7) is 0.126. The molecule has 0 spiro atoms. The van der Waals surface area contributed by atoms with Crippen molar-refractivity contribution in [2.75, 3.05) is 7.05 Å². The highest BCUT2D eigenvalue weighted by molar-refractivity contribution is 6.04. The lowest BCUT2D eigenvalue weighted by Crippen LogP contribution is -2.41. The van der Waals surface area contributed by atoms with Gasteiger partial charge in [-0.3, -0.25) is 9.59 Å². The highest BCUT2D eigenvalue weighted by atomic mass is 16.3. The van der Waals surface area contributed by atoms with Crippen LogP contribution in [0.25, 0.3) is 10.8 Å². The lowest BCUT2D eigenvalue weighted by molar-refractivity contribution is -0.0154. The summed E-state index contributed by atoms with van der Waals surface area (Å²) in [5.41, 5.74) is -0.980. The van der Waals surface area contributed by atoms with Gasteiger partial charge in [0.25, 0.3) is 11.5 Å². The van der Waals surface area contributed by atoms with E-state index in [1.165, 1.54) is 11.7 Å². The molecule has 1 aromatic carbocycles. The van der Waals surface area contributed by atoms with Crippen molar-refractivity contribution in [3.05, 3.63) is 40.3 Å². The van der Waals surface area contributed by atoms with Crippen molar-refractivity contribution in [1.82, 2.24) is 15.1 Å². The number of hydrogen-bond acceptors (Lipinski definition) is 4. The molecule has 0 atom stereocenters. The highest BCUT2D eigenvalue weighted by Gasteiger charge is 2.31. The van der Waals surface area contributed by atoms with Gasteiger partial charge in [-0.15, -0.1) is 0 Å². The Morgan fingerprint density at radius 1 is 1.26 bits per heavy atom. The summed E-state index contributed by atoms with van der Waals surface area (Å²) in [5.74, 6) is -0.342. The number of nitrogens with zero attached hydrogens (tertiary/aromatic N) is 2. The molecular weight excluding hydrogens is 294 g/mol. The van der Waals surface area contributed by atoms with Crippen molar-refractivity contribution in [1.29, 1.82) is 0 Å². The molecule has 1 fully saturated rings. The third kappa shape index (κ3) is 2.99. The molecule has 122 valence electrons. The number of hydrogen-bond donors (Lipinski definition) is 2. The fraction of sp³-hybridized carbons (Fsp3) is 0.471. The molecular formula is C17H21N3O3. The minimum atomic E-state index is -0.919. The SMILES string of the molecule is CNC(=O)c1nn(CC2(O)CCCCC2)c(=O)c2ccccc12. The molecule has 2 aromatic rings. The van der Waals surface area contributed by atoms with E-state index in [2.05, 4.69) is 10.4 Å². The van der Waals surface area contributed by atoms with Gasteiger partial charge in [-0.25, -0.2) is 4.68 Å². The molecule has 23 heavy (non-hydrogen) atoms. The first kappa shape index (κ1) is 15.7. The monoisotopic (exact) mass is 315 g/mol. The van der Waals surface area contributed by atoms with Gasteiger partial charge in [0.15, 0.2) is 5.69 Å². The van der Waals surface area contributed by atoms with Crippen LogP contribution in [0.2, 0.25) is 0 Å². The van der Waals surface area contributed by atoms with Gasteiger partial charge in [-0.2, -0.15) is 5.10 Å². The first-order valence-corrected chi connectivity index (χ1v) is 7.98. The van der Waals surface area contributed by atoms with E-state index in [0.29, 0.717) is 23.6 Å². The van der Waals surface area contributed by atoms with Crippen LogP contribution in [0, 0.1) is 0 Å². The van der Waals surface area contributed by atoms with Crippen LogP contribution in [0.1, 0.15) is 42.6 Å². The van der Waals surface area contributed by atoms with E-state index in [9.17, 15) is 14.7 Å². The van der Waals surface area contributed by atoms with Crippen LogP contribution in [0.5, 0.6) is 0 Å². The van der Waals surface area contributed by atoms with E-state index in [1.54, 1.807) is 24.3 Å². The summed E-state index contributed by atoms with van der Waals surface area (Å²) in [7, 11) is 1.53. The van der Waals surface area contributed by atoms with Crippen molar-refractivity contribution in [2.45, 2.75) is 44.2 Å². The Balaban J connectivity index is 2.11. The smallest absolute Gasteiger partial charge is 0.274 e. The fourth-order valence-corrected chi connectivity index (χ4v) is 3.28. The molecule has 1 aliphatic rings. The van der Waals surface area contributed by atoms with Crippen LogP contribution in [0.3, 0.4) is 0 Å². The zero-order chi connectivity index (χ0) is 16.4. The Labute approximate surface area is 134 Å². The topological polar surface area (TPSA) is 84.2 Å². The number of carbonyl (C=O) groups is 1.